The van der Waals surface area contributed by atoms with Gasteiger partial charge in [0, 0.05) is 42.2 Å². The molecule has 1 unspecified atom stereocenters. The van der Waals surface area contributed by atoms with E-state index in [0.29, 0.717) is 38.4 Å². The molecule has 2 saturated heterocycles. The van der Waals surface area contributed by atoms with Gasteiger partial charge in [-0.2, -0.15) is 0 Å². The van der Waals surface area contributed by atoms with Crippen molar-refractivity contribution in [2.45, 2.75) is 19.4 Å². The van der Waals surface area contributed by atoms with E-state index in [1.165, 1.54) is 0 Å². The highest BCUT2D eigenvalue weighted by Gasteiger charge is 2.51. The van der Waals surface area contributed by atoms with Crippen LogP contribution in [0.15, 0.2) is 41.8 Å². The number of rotatable bonds is 5. The smallest absolute Gasteiger partial charge is 0.253 e. The topological polar surface area (TPSA) is 67.9 Å². The Morgan fingerprint density at radius 1 is 1.24 bits per heavy atom. The average molecular weight is 415 g/mol. The van der Waals surface area contributed by atoms with Crippen LogP contribution in [0, 0.1) is 11.3 Å². The highest BCUT2D eigenvalue weighted by Crippen LogP contribution is 2.44. The molecule has 3 heterocycles. The molecule has 2 aliphatic rings. The van der Waals surface area contributed by atoms with Gasteiger partial charge in [0.1, 0.15) is 5.75 Å². The summed E-state index contributed by atoms with van der Waals surface area (Å²) in [6, 6.07) is 11.1. The number of hydrogen-bond donors (Lipinski definition) is 1. The number of likely N-dealkylation sites (tertiary alicyclic amines) is 1. The number of methoxy groups -OCH3 is 1. The number of hydrogen-bond acceptors (Lipinski definition) is 5. The van der Waals surface area contributed by atoms with Crippen molar-refractivity contribution in [2.24, 2.45) is 11.3 Å². The van der Waals surface area contributed by atoms with Gasteiger partial charge >= 0.3 is 0 Å². The molecule has 4 rings (SSSR count). The van der Waals surface area contributed by atoms with Gasteiger partial charge in [-0.3, -0.25) is 9.59 Å². The molecule has 0 radical (unpaired) electrons. The number of amides is 2. The average Bonchev–Trinajstić information content (AvgIpc) is 3.40. The van der Waals surface area contributed by atoms with Crippen molar-refractivity contribution >= 4 is 23.2 Å². The predicted molar refractivity (Wildman–Crippen MR) is 111 cm³/mol. The highest BCUT2D eigenvalue weighted by atomic mass is 32.1. The van der Waals surface area contributed by atoms with Crippen molar-refractivity contribution in [3.05, 3.63) is 52.2 Å². The number of thiophene rings is 1. The molecule has 2 aromatic rings. The summed E-state index contributed by atoms with van der Waals surface area (Å²) in [6.45, 7) is 2.85. The molecule has 29 heavy (non-hydrogen) atoms. The lowest BCUT2D eigenvalue weighted by Crippen LogP contribution is -2.44. The molecule has 2 fully saturated rings. The zero-order valence-electron chi connectivity index (χ0n) is 16.6. The predicted octanol–water partition coefficient (Wildman–Crippen LogP) is 2.94. The van der Waals surface area contributed by atoms with E-state index in [1.54, 1.807) is 42.7 Å². The van der Waals surface area contributed by atoms with Gasteiger partial charge in [-0.1, -0.05) is 6.07 Å². The Bertz CT molecular complexity index is 844. The van der Waals surface area contributed by atoms with E-state index in [4.69, 9.17) is 9.47 Å². The molecule has 154 valence electrons. The van der Waals surface area contributed by atoms with Gasteiger partial charge in [-0.25, -0.2) is 0 Å². The number of nitrogens with one attached hydrogen (secondary N) is 1. The minimum absolute atomic E-state index is 0.0327. The van der Waals surface area contributed by atoms with Crippen LogP contribution < -0.4 is 10.1 Å². The number of nitrogens with zero attached hydrogens (tertiary/aromatic N) is 1. The van der Waals surface area contributed by atoms with Crippen LogP contribution >= 0.6 is 11.3 Å². The summed E-state index contributed by atoms with van der Waals surface area (Å²) in [5, 5.41) is 5.10. The molecule has 0 bridgehead atoms. The second-order valence-electron chi connectivity index (χ2n) is 7.74. The van der Waals surface area contributed by atoms with E-state index in [-0.39, 0.29) is 23.1 Å². The molecule has 7 heteroatoms. The summed E-state index contributed by atoms with van der Waals surface area (Å²) in [5.74, 6) is 0.501. The van der Waals surface area contributed by atoms with E-state index < -0.39 is 0 Å². The second kappa shape index (κ2) is 8.55. The summed E-state index contributed by atoms with van der Waals surface area (Å²) >= 11 is 1.63. The van der Waals surface area contributed by atoms with E-state index in [1.807, 2.05) is 22.4 Å². The Labute approximate surface area is 174 Å². The molecule has 6 nitrogen and oxygen atoms in total. The number of carbonyl (C=O) groups is 2. The van der Waals surface area contributed by atoms with Gasteiger partial charge in [0.2, 0.25) is 5.91 Å². The minimum Gasteiger partial charge on any atom is -0.497 e. The second-order valence-corrected chi connectivity index (χ2v) is 8.77. The molecule has 0 aliphatic carbocycles. The third-order valence-electron chi connectivity index (χ3n) is 6.09. The number of ether oxygens (including phenoxy) is 2. The molecule has 1 aromatic carbocycles. The van der Waals surface area contributed by atoms with E-state index in [0.717, 1.165) is 23.5 Å². The molecular formula is C22H26N2O4S. The van der Waals surface area contributed by atoms with Gasteiger partial charge in [-0.05, 0) is 48.6 Å². The molecule has 1 spiro atoms. The zero-order chi connectivity index (χ0) is 20.3. The van der Waals surface area contributed by atoms with Gasteiger partial charge in [0.15, 0.2) is 0 Å². The fourth-order valence-corrected chi connectivity index (χ4v) is 5.04. The summed E-state index contributed by atoms with van der Waals surface area (Å²) < 4.78 is 10.7. The van der Waals surface area contributed by atoms with Gasteiger partial charge < -0.3 is 19.7 Å². The lowest BCUT2D eigenvalue weighted by Gasteiger charge is -2.37. The first kappa shape index (κ1) is 19.9. The summed E-state index contributed by atoms with van der Waals surface area (Å²) in [7, 11) is 1.60. The van der Waals surface area contributed by atoms with Crippen LogP contribution in [-0.4, -0.2) is 50.1 Å². The Kier molecular flexibility index (Phi) is 5.87. The Morgan fingerprint density at radius 2 is 2.00 bits per heavy atom. The van der Waals surface area contributed by atoms with Crippen LogP contribution in [0.3, 0.4) is 0 Å². The maximum Gasteiger partial charge on any atom is 0.253 e. The number of carbonyl (C=O) groups excluding carboxylic acids is 2. The van der Waals surface area contributed by atoms with E-state index in [9.17, 15) is 9.59 Å². The largest absolute Gasteiger partial charge is 0.497 e. The quantitative estimate of drug-likeness (QED) is 0.817. The SMILES string of the molecule is COc1ccc(C(=O)N2CC(C(=O)NCc3cccs3)C3(CCOCC3)C2)cc1. The molecule has 1 atom stereocenters. The van der Waals surface area contributed by atoms with Gasteiger partial charge in [0.25, 0.3) is 5.91 Å². The van der Waals surface area contributed by atoms with Crippen LogP contribution in [0.1, 0.15) is 28.1 Å². The minimum atomic E-state index is -0.214. The maximum atomic E-state index is 13.1. The van der Waals surface area contributed by atoms with E-state index >= 15 is 0 Å². The summed E-state index contributed by atoms with van der Waals surface area (Å²) in [6.07, 6.45) is 1.60. The first-order chi connectivity index (χ1) is 14.1. The van der Waals surface area contributed by atoms with Crippen LogP contribution in [-0.2, 0) is 16.1 Å². The van der Waals surface area contributed by atoms with Crippen LogP contribution in [0.4, 0.5) is 0 Å². The van der Waals surface area contributed by atoms with Crippen molar-refractivity contribution in [1.82, 2.24) is 10.2 Å². The summed E-state index contributed by atoms with van der Waals surface area (Å²) in [5.41, 5.74) is 0.410. The Hall–Kier alpha value is -2.38. The number of benzene rings is 1. The van der Waals surface area contributed by atoms with Crippen molar-refractivity contribution in [1.29, 1.82) is 0 Å². The van der Waals surface area contributed by atoms with Crippen molar-refractivity contribution < 1.29 is 19.1 Å². The van der Waals surface area contributed by atoms with Crippen molar-refractivity contribution in [3.63, 3.8) is 0 Å². The standard InChI is InChI=1S/C22H26N2O4S/c1-27-17-6-4-16(5-7-17)21(26)24-14-19(22(15-24)8-10-28-11-9-22)20(25)23-13-18-3-2-12-29-18/h2-7,12,19H,8-11,13-15H2,1H3,(H,23,25). The summed E-state index contributed by atoms with van der Waals surface area (Å²) in [4.78, 5) is 29.2. The van der Waals surface area contributed by atoms with Gasteiger partial charge in [0.05, 0.1) is 19.6 Å². The molecule has 0 saturated carbocycles. The third-order valence-corrected chi connectivity index (χ3v) is 6.97. The van der Waals surface area contributed by atoms with Crippen LogP contribution in [0.5, 0.6) is 5.75 Å². The van der Waals surface area contributed by atoms with Crippen LogP contribution in [0.2, 0.25) is 0 Å². The molecule has 2 aliphatic heterocycles. The van der Waals surface area contributed by atoms with Gasteiger partial charge in [-0.15, -0.1) is 11.3 Å². The lowest BCUT2D eigenvalue weighted by atomic mass is 9.72. The monoisotopic (exact) mass is 414 g/mol. The Balaban J connectivity index is 1.50. The third kappa shape index (κ3) is 4.16. The maximum absolute atomic E-state index is 13.1. The zero-order valence-corrected chi connectivity index (χ0v) is 17.4. The van der Waals surface area contributed by atoms with Crippen LogP contribution in [0.25, 0.3) is 0 Å². The first-order valence-corrected chi connectivity index (χ1v) is 10.8. The molecule has 2 amide bonds. The fourth-order valence-electron chi connectivity index (χ4n) is 4.40. The molecule has 1 N–H and O–H groups in total. The molecule has 1 aromatic heterocycles. The molecular weight excluding hydrogens is 388 g/mol. The lowest BCUT2D eigenvalue weighted by molar-refractivity contribution is -0.130. The fraction of sp³-hybridized carbons (Fsp3) is 0.455. The highest BCUT2D eigenvalue weighted by molar-refractivity contribution is 7.09. The van der Waals surface area contributed by atoms with E-state index in [2.05, 4.69) is 5.32 Å². The van der Waals surface area contributed by atoms with Crippen molar-refractivity contribution in [2.75, 3.05) is 33.4 Å². The van der Waals surface area contributed by atoms with Crippen molar-refractivity contribution in [3.8, 4) is 5.75 Å². The first-order valence-electron chi connectivity index (χ1n) is 9.92. The Morgan fingerprint density at radius 3 is 2.66 bits per heavy atom. The normalized spacial score (nSPS) is 20.6.